The second-order valence-corrected chi connectivity index (χ2v) is 14.8. The fraction of sp³-hybridized carbons (Fsp3) is 0.913. The van der Waals surface area contributed by atoms with E-state index in [9.17, 15) is 9.59 Å². The Morgan fingerprint density at radius 3 is 1.18 bits per heavy atom. The summed E-state index contributed by atoms with van der Waals surface area (Å²) in [6, 6.07) is 1.22. The molecule has 11 heteroatoms. The summed E-state index contributed by atoms with van der Waals surface area (Å²) in [5.41, 5.74) is 0. The second-order valence-electron chi connectivity index (χ2n) is 8.66. The van der Waals surface area contributed by atoms with Crippen LogP contribution in [0, 0.1) is 11.8 Å². The highest BCUT2D eigenvalue weighted by Gasteiger charge is 2.38. The smallest absolute Gasteiger partial charge is 0.377 e. The number of carbonyl (C=O) groups excluding carboxylic acids is 2. The number of hydrogen-bond donors (Lipinski definition) is 0. The third-order valence-electron chi connectivity index (χ3n) is 6.64. The molecule has 0 heterocycles. The van der Waals surface area contributed by atoms with Gasteiger partial charge in [0.15, 0.2) is 0 Å². The van der Waals surface area contributed by atoms with Gasteiger partial charge in [-0.05, 0) is 32.7 Å². The zero-order chi connectivity index (χ0) is 26.2. The molecular formula is C23H49NO8Si2. The predicted octanol–water partition coefficient (Wildman–Crippen LogP) is 3.43. The molecule has 2 atom stereocenters. The van der Waals surface area contributed by atoms with Gasteiger partial charge in [-0.25, -0.2) is 0 Å². The summed E-state index contributed by atoms with van der Waals surface area (Å²) < 4.78 is 32.6. The molecule has 2 unspecified atom stereocenters. The maximum absolute atomic E-state index is 12.8. The summed E-state index contributed by atoms with van der Waals surface area (Å²) in [6.07, 6.45) is 3.83. The second kappa shape index (κ2) is 17.8. The van der Waals surface area contributed by atoms with Crippen molar-refractivity contribution in [2.24, 2.45) is 11.8 Å². The Kier molecular flexibility index (Phi) is 17.6. The van der Waals surface area contributed by atoms with Gasteiger partial charge in [-0.3, -0.25) is 9.59 Å². The summed E-state index contributed by atoms with van der Waals surface area (Å²) in [5.74, 6) is 0.357. The molecule has 0 aromatic rings. The van der Waals surface area contributed by atoms with Crippen molar-refractivity contribution >= 4 is 29.2 Å². The Labute approximate surface area is 209 Å². The minimum Gasteiger partial charge on any atom is -0.377 e. The van der Waals surface area contributed by atoms with Gasteiger partial charge in [0.05, 0.1) is 0 Å². The Morgan fingerprint density at radius 1 is 0.647 bits per heavy atom. The lowest BCUT2D eigenvalue weighted by atomic mass is 9.94. The van der Waals surface area contributed by atoms with Crippen LogP contribution in [0.15, 0.2) is 0 Å². The molecule has 0 aliphatic heterocycles. The zero-order valence-corrected chi connectivity index (χ0v) is 24.9. The van der Waals surface area contributed by atoms with E-state index in [1.807, 2.05) is 20.9 Å². The summed E-state index contributed by atoms with van der Waals surface area (Å²) in [7, 11) is 6.19. The van der Waals surface area contributed by atoms with Crippen LogP contribution in [0.5, 0.6) is 0 Å². The number of rotatable bonds is 22. The molecule has 0 fully saturated rings. The molecule has 0 spiro atoms. The molecule has 0 amide bonds. The van der Waals surface area contributed by atoms with Crippen molar-refractivity contribution < 1.29 is 36.1 Å². The van der Waals surface area contributed by atoms with Crippen LogP contribution in [0.25, 0.3) is 0 Å². The number of nitrogens with zero attached hydrogens (tertiary/aromatic N) is 1. The summed E-state index contributed by atoms with van der Waals surface area (Å²) in [4.78, 5) is 27.8. The Hall–Kier alpha value is -0.506. The third-order valence-corrected chi connectivity index (χ3v) is 12.3. The van der Waals surface area contributed by atoms with E-state index >= 15 is 0 Å². The maximum Gasteiger partial charge on any atom is 0.500 e. The Bertz CT molecular complexity index is 509. The van der Waals surface area contributed by atoms with Crippen molar-refractivity contribution in [2.45, 2.75) is 64.5 Å². The first-order chi connectivity index (χ1) is 16.1. The topological polar surface area (TPSA) is 92.8 Å². The molecule has 0 aliphatic rings. The van der Waals surface area contributed by atoms with Crippen LogP contribution in [0.1, 0.15) is 52.4 Å². The Balaban J connectivity index is 4.70. The highest BCUT2D eigenvalue weighted by Crippen LogP contribution is 2.21. The van der Waals surface area contributed by atoms with Crippen molar-refractivity contribution in [1.82, 2.24) is 4.90 Å². The van der Waals surface area contributed by atoms with Crippen molar-refractivity contribution in [1.29, 1.82) is 0 Å². The van der Waals surface area contributed by atoms with Gasteiger partial charge < -0.3 is 31.5 Å². The zero-order valence-electron chi connectivity index (χ0n) is 22.9. The molecule has 34 heavy (non-hydrogen) atoms. The van der Waals surface area contributed by atoms with Crippen LogP contribution in [-0.2, 0) is 36.1 Å². The van der Waals surface area contributed by atoms with Crippen LogP contribution >= 0.6 is 0 Å². The lowest BCUT2D eigenvalue weighted by Crippen LogP contribution is -2.43. The van der Waals surface area contributed by atoms with Crippen LogP contribution in [0.3, 0.4) is 0 Å². The average molecular weight is 524 g/mol. The van der Waals surface area contributed by atoms with Crippen LogP contribution in [0.4, 0.5) is 0 Å². The monoisotopic (exact) mass is 523 g/mol. The van der Waals surface area contributed by atoms with E-state index in [0.717, 1.165) is 12.8 Å². The first-order valence-corrected chi connectivity index (χ1v) is 16.1. The molecule has 0 N–H and O–H groups in total. The molecule has 0 aliphatic carbocycles. The number of hydrogen-bond acceptors (Lipinski definition) is 9. The lowest BCUT2D eigenvalue weighted by Gasteiger charge is -2.27. The molecule has 0 bridgehead atoms. The minimum absolute atomic E-state index is 0.0574. The van der Waals surface area contributed by atoms with Gasteiger partial charge in [-0.15, -0.1) is 0 Å². The lowest BCUT2D eigenvalue weighted by molar-refractivity contribution is -0.124. The van der Waals surface area contributed by atoms with Gasteiger partial charge in [-0.1, -0.05) is 13.8 Å². The largest absolute Gasteiger partial charge is 0.500 e. The average Bonchev–Trinajstić information content (AvgIpc) is 2.86. The molecule has 0 radical (unpaired) electrons. The number of Topliss-reactive ketones (excluding diaryl/α,β-unsaturated/α-hetero) is 2. The first kappa shape index (κ1) is 33.5. The Morgan fingerprint density at radius 2 is 0.941 bits per heavy atom. The van der Waals surface area contributed by atoms with Gasteiger partial charge in [0, 0.05) is 92.5 Å². The van der Waals surface area contributed by atoms with Gasteiger partial charge >= 0.3 is 17.6 Å². The van der Waals surface area contributed by atoms with Crippen molar-refractivity contribution in [3.05, 3.63) is 0 Å². The molecule has 9 nitrogen and oxygen atoms in total. The molecule has 0 rings (SSSR count). The van der Waals surface area contributed by atoms with E-state index in [4.69, 9.17) is 26.6 Å². The fourth-order valence-corrected chi connectivity index (χ4v) is 7.67. The predicted molar refractivity (Wildman–Crippen MR) is 137 cm³/mol. The van der Waals surface area contributed by atoms with Crippen LogP contribution < -0.4 is 0 Å². The van der Waals surface area contributed by atoms with E-state index in [1.165, 1.54) is 0 Å². The van der Waals surface area contributed by atoms with E-state index in [1.54, 1.807) is 42.7 Å². The number of carbonyl (C=O) groups is 2. The first-order valence-electron chi connectivity index (χ1n) is 12.2. The van der Waals surface area contributed by atoms with Gasteiger partial charge in [0.25, 0.3) is 0 Å². The van der Waals surface area contributed by atoms with Crippen molar-refractivity contribution in [3.8, 4) is 0 Å². The standard InChI is InChI=1S/C23H49NO8Si2/c1-10-20(22(25)14-12-16-33(27-4,28-5)29-6)18-24(3)19-21(11-2)23(26)15-13-17-34(30-7,31-8)32-9/h20-21H,10-19H2,1-9H3. The van der Waals surface area contributed by atoms with Crippen LogP contribution in [0.2, 0.25) is 12.1 Å². The van der Waals surface area contributed by atoms with Gasteiger partial charge in [0.1, 0.15) is 11.6 Å². The number of ketones is 2. The van der Waals surface area contributed by atoms with E-state index < -0.39 is 17.6 Å². The molecule has 0 aromatic carbocycles. The van der Waals surface area contributed by atoms with E-state index in [-0.39, 0.29) is 23.4 Å². The molecule has 202 valence electrons. The molecule has 0 aromatic heterocycles. The molecular weight excluding hydrogens is 474 g/mol. The van der Waals surface area contributed by atoms with Crippen molar-refractivity contribution in [3.63, 3.8) is 0 Å². The fourth-order valence-electron chi connectivity index (χ4n) is 4.22. The molecule has 0 saturated heterocycles. The SMILES string of the molecule is CCC(CN(C)CC(CC)C(=O)CCC[Si](OC)(OC)OC)C(=O)CCC[Si](OC)(OC)OC. The summed E-state index contributed by atoms with van der Waals surface area (Å²) >= 11 is 0. The van der Waals surface area contributed by atoms with Crippen LogP contribution in [-0.4, -0.2) is 96.9 Å². The highest BCUT2D eigenvalue weighted by atomic mass is 28.4. The summed E-state index contributed by atoms with van der Waals surface area (Å²) in [5, 5.41) is 0. The van der Waals surface area contributed by atoms with Gasteiger partial charge in [0.2, 0.25) is 0 Å². The van der Waals surface area contributed by atoms with Crippen molar-refractivity contribution in [2.75, 3.05) is 62.8 Å². The third kappa shape index (κ3) is 11.0. The van der Waals surface area contributed by atoms with Gasteiger partial charge in [-0.2, -0.15) is 0 Å². The van der Waals surface area contributed by atoms with E-state index in [2.05, 4.69) is 4.90 Å². The quantitative estimate of drug-likeness (QED) is 0.198. The highest BCUT2D eigenvalue weighted by molar-refractivity contribution is 6.60. The minimum atomic E-state index is -2.65. The molecule has 0 saturated carbocycles. The maximum atomic E-state index is 12.8. The van der Waals surface area contributed by atoms with E-state index in [0.29, 0.717) is 50.9 Å². The summed E-state index contributed by atoms with van der Waals surface area (Å²) in [6.45, 7) is 5.37. The normalized spacial score (nSPS) is 14.4.